The number of hydrogen-bond donors (Lipinski definition) is 0. The zero-order chi connectivity index (χ0) is 20.2. The van der Waals surface area contributed by atoms with Gasteiger partial charge in [0.05, 0.1) is 26.8 Å². The Labute approximate surface area is 178 Å². The van der Waals surface area contributed by atoms with E-state index in [2.05, 4.69) is 47.7 Å². The standard InChI is InChI=1S/C21H25BrN4O3/c1-25(13-18-9-10-19(22)29-18)21-24-23-20(16-4-3-11-28-14-16)26(21)12-15-5-7-17(27-2)8-6-15/h5-10,16H,3-4,11-14H2,1-2H3. The van der Waals surface area contributed by atoms with Crippen LogP contribution in [0.5, 0.6) is 5.75 Å². The summed E-state index contributed by atoms with van der Waals surface area (Å²) in [6.07, 6.45) is 2.11. The van der Waals surface area contributed by atoms with Gasteiger partial charge in [0.1, 0.15) is 17.3 Å². The van der Waals surface area contributed by atoms with E-state index in [4.69, 9.17) is 13.9 Å². The molecule has 0 radical (unpaired) electrons. The van der Waals surface area contributed by atoms with Gasteiger partial charge in [-0.1, -0.05) is 12.1 Å². The molecule has 0 aliphatic carbocycles. The number of rotatable bonds is 7. The summed E-state index contributed by atoms with van der Waals surface area (Å²) in [5.74, 6) is 3.76. The predicted octanol–water partition coefficient (Wildman–Crippen LogP) is 4.22. The van der Waals surface area contributed by atoms with Crippen molar-refractivity contribution in [1.82, 2.24) is 14.8 Å². The van der Waals surface area contributed by atoms with Crippen LogP contribution >= 0.6 is 15.9 Å². The van der Waals surface area contributed by atoms with Crippen molar-refractivity contribution in [3.05, 3.63) is 58.2 Å². The zero-order valence-corrected chi connectivity index (χ0v) is 18.3. The van der Waals surface area contributed by atoms with Gasteiger partial charge in [-0.2, -0.15) is 0 Å². The van der Waals surface area contributed by atoms with Gasteiger partial charge in [0.15, 0.2) is 4.67 Å². The molecule has 2 aromatic heterocycles. The summed E-state index contributed by atoms with van der Waals surface area (Å²) in [7, 11) is 3.68. The Bertz CT molecular complexity index is 932. The third-order valence-corrected chi connectivity index (χ3v) is 5.57. The van der Waals surface area contributed by atoms with E-state index in [-0.39, 0.29) is 5.92 Å². The molecule has 0 N–H and O–H groups in total. The van der Waals surface area contributed by atoms with Crippen molar-refractivity contribution in [3.63, 3.8) is 0 Å². The fourth-order valence-corrected chi connectivity index (χ4v) is 3.98. The van der Waals surface area contributed by atoms with Crippen LogP contribution in [0.25, 0.3) is 0 Å². The second kappa shape index (κ2) is 9.00. The van der Waals surface area contributed by atoms with E-state index in [1.165, 1.54) is 5.56 Å². The predicted molar refractivity (Wildman–Crippen MR) is 113 cm³/mol. The van der Waals surface area contributed by atoms with Gasteiger partial charge in [-0.3, -0.25) is 4.57 Å². The summed E-state index contributed by atoms with van der Waals surface area (Å²) < 4.78 is 19.6. The molecule has 0 amide bonds. The number of nitrogens with zero attached hydrogens (tertiary/aromatic N) is 4. The number of furan rings is 1. The molecule has 1 aliphatic rings. The quantitative estimate of drug-likeness (QED) is 0.525. The molecule has 29 heavy (non-hydrogen) atoms. The molecule has 3 heterocycles. The highest BCUT2D eigenvalue weighted by atomic mass is 79.9. The molecule has 0 saturated carbocycles. The van der Waals surface area contributed by atoms with E-state index < -0.39 is 0 Å². The Balaban J connectivity index is 1.63. The molecule has 1 aromatic carbocycles. The average molecular weight is 461 g/mol. The van der Waals surface area contributed by atoms with Crippen molar-refractivity contribution in [3.8, 4) is 5.75 Å². The van der Waals surface area contributed by atoms with Crippen molar-refractivity contribution < 1.29 is 13.9 Å². The Kier molecular flexibility index (Phi) is 6.20. The zero-order valence-electron chi connectivity index (χ0n) is 16.7. The first-order valence-corrected chi connectivity index (χ1v) is 10.5. The molecule has 4 rings (SSSR count). The number of aromatic nitrogens is 3. The highest BCUT2D eigenvalue weighted by molar-refractivity contribution is 9.10. The monoisotopic (exact) mass is 460 g/mol. The first-order chi connectivity index (χ1) is 14.1. The van der Waals surface area contributed by atoms with Crippen LogP contribution in [0.1, 0.15) is 35.9 Å². The van der Waals surface area contributed by atoms with Gasteiger partial charge < -0.3 is 18.8 Å². The van der Waals surface area contributed by atoms with Crippen LogP contribution in [0.4, 0.5) is 5.95 Å². The van der Waals surface area contributed by atoms with Crippen LogP contribution in [-0.4, -0.2) is 42.1 Å². The van der Waals surface area contributed by atoms with Crippen molar-refractivity contribution in [2.45, 2.75) is 31.8 Å². The number of anilines is 1. The van der Waals surface area contributed by atoms with Gasteiger partial charge in [0.2, 0.25) is 5.95 Å². The molecule has 154 valence electrons. The maximum atomic E-state index is 5.71. The topological polar surface area (TPSA) is 65.6 Å². The molecule has 1 aliphatic heterocycles. The van der Waals surface area contributed by atoms with Crippen LogP contribution < -0.4 is 9.64 Å². The highest BCUT2D eigenvalue weighted by Crippen LogP contribution is 2.28. The van der Waals surface area contributed by atoms with E-state index in [9.17, 15) is 0 Å². The van der Waals surface area contributed by atoms with Crippen LogP contribution in [0.2, 0.25) is 0 Å². The van der Waals surface area contributed by atoms with Gasteiger partial charge in [-0.05, 0) is 58.6 Å². The molecule has 0 spiro atoms. The van der Waals surface area contributed by atoms with Gasteiger partial charge in [0.25, 0.3) is 0 Å². The first kappa shape index (κ1) is 20.0. The Morgan fingerprint density at radius 1 is 1.21 bits per heavy atom. The fourth-order valence-electron chi connectivity index (χ4n) is 3.64. The molecule has 1 saturated heterocycles. The molecule has 0 bridgehead atoms. The molecule has 7 nitrogen and oxygen atoms in total. The third-order valence-electron chi connectivity index (χ3n) is 5.15. The summed E-state index contributed by atoms with van der Waals surface area (Å²) in [5, 5.41) is 9.09. The minimum absolute atomic E-state index is 0.259. The largest absolute Gasteiger partial charge is 0.497 e. The van der Waals surface area contributed by atoms with E-state index in [1.54, 1.807) is 7.11 Å². The van der Waals surface area contributed by atoms with Crippen LogP contribution in [-0.2, 0) is 17.8 Å². The smallest absolute Gasteiger partial charge is 0.227 e. The van der Waals surface area contributed by atoms with Crippen LogP contribution in [0, 0.1) is 0 Å². The second-order valence-corrected chi connectivity index (χ2v) is 8.05. The minimum Gasteiger partial charge on any atom is -0.497 e. The Morgan fingerprint density at radius 2 is 2.03 bits per heavy atom. The van der Waals surface area contributed by atoms with Gasteiger partial charge in [0, 0.05) is 19.6 Å². The average Bonchev–Trinajstić information content (AvgIpc) is 3.35. The van der Waals surface area contributed by atoms with E-state index >= 15 is 0 Å². The summed E-state index contributed by atoms with van der Waals surface area (Å²) in [6, 6.07) is 12.0. The van der Waals surface area contributed by atoms with Crippen LogP contribution in [0.3, 0.4) is 0 Å². The fraction of sp³-hybridized carbons (Fsp3) is 0.429. The summed E-state index contributed by atoms with van der Waals surface area (Å²) in [5.41, 5.74) is 1.17. The van der Waals surface area contributed by atoms with E-state index in [0.29, 0.717) is 19.7 Å². The summed E-state index contributed by atoms with van der Waals surface area (Å²) in [6.45, 7) is 2.80. The normalized spacial score (nSPS) is 16.7. The lowest BCUT2D eigenvalue weighted by Crippen LogP contribution is -2.24. The van der Waals surface area contributed by atoms with Gasteiger partial charge in [-0.15, -0.1) is 10.2 Å². The molecule has 1 unspecified atom stereocenters. The van der Waals surface area contributed by atoms with Crippen molar-refractivity contribution >= 4 is 21.9 Å². The first-order valence-electron chi connectivity index (χ1n) is 9.73. The molecular formula is C21H25BrN4O3. The molecule has 8 heteroatoms. The SMILES string of the molecule is COc1ccc(Cn2c(C3CCCOC3)nnc2N(C)Cc2ccc(Br)o2)cc1. The number of halogens is 1. The Hall–Kier alpha value is -2.32. The lowest BCUT2D eigenvalue weighted by Gasteiger charge is -2.24. The van der Waals surface area contributed by atoms with Crippen LogP contribution in [0.15, 0.2) is 45.5 Å². The Morgan fingerprint density at radius 3 is 2.69 bits per heavy atom. The maximum Gasteiger partial charge on any atom is 0.227 e. The third kappa shape index (κ3) is 4.64. The van der Waals surface area contributed by atoms with E-state index in [0.717, 1.165) is 47.4 Å². The lowest BCUT2D eigenvalue weighted by molar-refractivity contribution is 0.0770. The van der Waals surface area contributed by atoms with Gasteiger partial charge >= 0.3 is 0 Å². The lowest BCUT2D eigenvalue weighted by atomic mass is 10.0. The number of methoxy groups -OCH3 is 1. The second-order valence-electron chi connectivity index (χ2n) is 7.27. The molecule has 1 atom stereocenters. The maximum absolute atomic E-state index is 5.71. The number of hydrogen-bond acceptors (Lipinski definition) is 6. The molecular weight excluding hydrogens is 436 g/mol. The summed E-state index contributed by atoms with van der Waals surface area (Å²) >= 11 is 3.36. The summed E-state index contributed by atoms with van der Waals surface area (Å²) in [4.78, 5) is 2.06. The molecule has 3 aromatic rings. The van der Waals surface area contributed by atoms with Crippen molar-refractivity contribution in [1.29, 1.82) is 0 Å². The van der Waals surface area contributed by atoms with Gasteiger partial charge in [-0.25, -0.2) is 0 Å². The minimum atomic E-state index is 0.259. The molecule has 1 fully saturated rings. The van der Waals surface area contributed by atoms with Crippen molar-refractivity contribution in [2.75, 3.05) is 32.3 Å². The number of benzene rings is 1. The number of ether oxygens (including phenoxy) is 2. The van der Waals surface area contributed by atoms with Crippen molar-refractivity contribution in [2.24, 2.45) is 0 Å². The van der Waals surface area contributed by atoms with E-state index in [1.807, 2.05) is 31.3 Å². The highest BCUT2D eigenvalue weighted by Gasteiger charge is 2.25.